The molecule has 0 radical (unpaired) electrons. The first kappa shape index (κ1) is 14.2. The Morgan fingerprint density at radius 3 is 1.85 bits per heavy atom. The fraction of sp³-hybridized carbons (Fsp3) is 0.364. The second kappa shape index (κ2) is 10.7. The Hall–Kier alpha value is -1.31. The molecule has 2 nitrogen and oxygen atoms in total. The topological polar surface area (TPSA) is 49.9 Å². The van der Waals surface area contributed by atoms with Gasteiger partial charge in [0.25, 0.3) is 0 Å². The van der Waals surface area contributed by atoms with Crippen molar-refractivity contribution in [3.8, 4) is 0 Å². The molecule has 0 aromatic heterocycles. The highest BCUT2D eigenvalue weighted by atomic mass is 14.6. The summed E-state index contributed by atoms with van der Waals surface area (Å²) in [7, 11) is 0. The highest BCUT2D eigenvalue weighted by Crippen LogP contribution is 1.99. The van der Waals surface area contributed by atoms with Gasteiger partial charge in [0.1, 0.15) is 0 Å². The van der Waals surface area contributed by atoms with E-state index in [1.165, 1.54) is 6.21 Å². The minimum atomic E-state index is 0.626. The number of rotatable bonds is 3. The fourth-order valence-corrected chi connectivity index (χ4v) is 0.683. The molecule has 0 spiro atoms. The first-order valence-corrected chi connectivity index (χ1v) is 4.51. The number of allylic oxidation sites excluding steroid dienone is 5. The molecule has 0 rings (SSSR count). The van der Waals surface area contributed by atoms with E-state index in [2.05, 4.69) is 0 Å². The van der Waals surface area contributed by atoms with E-state index in [4.69, 9.17) is 11.1 Å². The van der Waals surface area contributed by atoms with Crippen LogP contribution in [-0.4, -0.2) is 6.21 Å². The van der Waals surface area contributed by atoms with Crippen LogP contribution in [0.1, 0.15) is 27.7 Å². The molecule has 2 heteroatoms. The van der Waals surface area contributed by atoms with Gasteiger partial charge >= 0.3 is 0 Å². The van der Waals surface area contributed by atoms with Crippen molar-refractivity contribution in [1.82, 2.24) is 0 Å². The van der Waals surface area contributed by atoms with E-state index in [-0.39, 0.29) is 0 Å². The average Bonchev–Trinajstić information content (AvgIpc) is 2.17. The molecule has 0 unspecified atom stereocenters. The van der Waals surface area contributed by atoms with Gasteiger partial charge in [-0.1, -0.05) is 32.1 Å². The highest BCUT2D eigenvalue weighted by molar-refractivity contribution is 5.81. The van der Waals surface area contributed by atoms with Crippen LogP contribution >= 0.6 is 0 Å². The zero-order chi connectivity index (χ0) is 10.7. The van der Waals surface area contributed by atoms with E-state index in [0.29, 0.717) is 5.70 Å². The Bertz CT molecular complexity index is 210. The van der Waals surface area contributed by atoms with Crippen molar-refractivity contribution in [3.63, 3.8) is 0 Å². The third-order valence-corrected chi connectivity index (χ3v) is 1.18. The Morgan fingerprint density at radius 1 is 1.08 bits per heavy atom. The summed E-state index contributed by atoms with van der Waals surface area (Å²) in [5, 5.41) is 7.02. The van der Waals surface area contributed by atoms with E-state index >= 15 is 0 Å². The predicted molar refractivity (Wildman–Crippen MR) is 61.0 cm³/mol. The van der Waals surface area contributed by atoms with Crippen LogP contribution in [0.4, 0.5) is 0 Å². The van der Waals surface area contributed by atoms with Gasteiger partial charge in [-0.15, -0.1) is 0 Å². The molecule has 0 aliphatic carbocycles. The summed E-state index contributed by atoms with van der Waals surface area (Å²) < 4.78 is 0. The number of hydrogen-bond donors (Lipinski definition) is 2. The molecule has 0 heterocycles. The molecule has 0 fully saturated rings. The van der Waals surface area contributed by atoms with Gasteiger partial charge in [-0.3, -0.25) is 0 Å². The molecule has 0 bridgehead atoms. The minimum absolute atomic E-state index is 0.626. The maximum absolute atomic E-state index is 7.02. The minimum Gasteiger partial charge on any atom is -0.398 e. The van der Waals surface area contributed by atoms with Gasteiger partial charge in [0, 0.05) is 17.5 Å². The standard InChI is InChI=1S/C9H14N2.C2H6/c1-3-5-8(7-10)9(11)6-4-2;1-2/h3-7,10H,11H2,1-2H3;1-2H3/b5-3-,6-4-,9-8-,10-7?;. The molecule has 13 heavy (non-hydrogen) atoms. The van der Waals surface area contributed by atoms with E-state index in [0.717, 1.165) is 5.57 Å². The van der Waals surface area contributed by atoms with Crippen molar-refractivity contribution in [3.05, 3.63) is 35.6 Å². The van der Waals surface area contributed by atoms with Crippen LogP contribution in [0.3, 0.4) is 0 Å². The van der Waals surface area contributed by atoms with Crippen LogP contribution in [0.15, 0.2) is 35.6 Å². The lowest BCUT2D eigenvalue weighted by molar-refractivity contribution is 1.37. The lowest BCUT2D eigenvalue weighted by atomic mass is 10.2. The summed E-state index contributed by atoms with van der Waals surface area (Å²) in [6.07, 6.45) is 8.54. The molecule has 0 saturated heterocycles. The van der Waals surface area contributed by atoms with Crippen molar-refractivity contribution in [2.24, 2.45) is 5.73 Å². The second-order valence-corrected chi connectivity index (χ2v) is 2.06. The van der Waals surface area contributed by atoms with Crippen LogP contribution in [0.25, 0.3) is 0 Å². The molecule has 0 aromatic rings. The largest absolute Gasteiger partial charge is 0.398 e. The lowest BCUT2D eigenvalue weighted by Crippen LogP contribution is -1.98. The average molecular weight is 180 g/mol. The van der Waals surface area contributed by atoms with Gasteiger partial charge in [0.15, 0.2) is 0 Å². The number of nitrogens with one attached hydrogen (secondary N) is 1. The van der Waals surface area contributed by atoms with Crippen LogP contribution in [0, 0.1) is 5.41 Å². The predicted octanol–water partition coefficient (Wildman–Crippen LogP) is 3.03. The molecule has 0 saturated carbocycles. The summed E-state index contributed by atoms with van der Waals surface area (Å²) >= 11 is 0. The second-order valence-electron chi connectivity index (χ2n) is 2.06. The lowest BCUT2D eigenvalue weighted by Gasteiger charge is -1.95. The van der Waals surface area contributed by atoms with Crippen molar-refractivity contribution in [1.29, 1.82) is 5.41 Å². The van der Waals surface area contributed by atoms with Crippen LogP contribution < -0.4 is 5.73 Å². The zero-order valence-corrected chi connectivity index (χ0v) is 8.96. The van der Waals surface area contributed by atoms with Gasteiger partial charge < -0.3 is 11.1 Å². The van der Waals surface area contributed by atoms with Gasteiger partial charge in [-0.2, -0.15) is 0 Å². The van der Waals surface area contributed by atoms with Gasteiger partial charge in [-0.25, -0.2) is 0 Å². The van der Waals surface area contributed by atoms with E-state index in [1.807, 2.05) is 45.9 Å². The zero-order valence-electron chi connectivity index (χ0n) is 8.96. The summed E-state index contributed by atoms with van der Waals surface area (Å²) in [6, 6.07) is 0. The third-order valence-electron chi connectivity index (χ3n) is 1.18. The van der Waals surface area contributed by atoms with Crippen molar-refractivity contribution in [2.75, 3.05) is 0 Å². The van der Waals surface area contributed by atoms with Crippen LogP contribution in [0.2, 0.25) is 0 Å². The Morgan fingerprint density at radius 2 is 1.54 bits per heavy atom. The molecule has 0 amide bonds. The molecule has 74 valence electrons. The van der Waals surface area contributed by atoms with Crippen LogP contribution in [0.5, 0.6) is 0 Å². The number of hydrogen-bond acceptors (Lipinski definition) is 2. The third kappa shape index (κ3) is 7.06. The quantitative estimate of drug-likeness (QED) is 0.509. The maximum Gasteiger partial charge on any atom is 0.0399 e. The molecule has 0 aliphatic rings. The van der Waals surface area contributed by atoms with Gasteiger partial charge in [0.05, 0.1) is 0 Å². The maximum atomic E-state index is 7.02. The molecule has 3 N–H and O–H groups in total. The smallest absolute Gasteiger partial charge is 0.0399 e. The summed E-state index contributed by atoms with van der Waals surface area (Å²) in [4.78, 5) is 0. The van der Waals surface area contributed by atoms with Crippen molar-refractivity contribution >= 4 is 6.21 Å². The highest BCUT2D eigenvalue weighted by Gasteiger charge is 1.89. The molecule has 0 atom stereocenters. The number of nitrogens with two attached hydrogens (primary N) is 1. The monoisotopic (exact) mass is 180 g/mol. The van der Waals surface area contributed by atoms with Gasteiger partial charge in [0.2, 0.25) is 0 Å². The summed E-state index contributed by atoms with van der Waals surface area (Å²) in [6.45, 7) is 7.79. The molecular formula is C11H20N2. The first-order valence-electron chi connectivity index (χ1n) is 4.51. The SMILES string of the molecule is CC.C\C=C/C(N)=C(C=N)\C=C/C. The molecular weight excluding hydrogens is 160 g/mol. The first-order chi connectivity index (χ1) is 6.26. The Kier molecular flexibility index (Phi) is 11.7. The Balaban J connectivity index is 0. The van der Waals surface area contributed by atoms with E-state index in [1.54, 1.807) is 6.08 Å². The Labute approximate surface area is 81.4 Å². The van der Waals surface area contributed by atoms with Crippen molar-refractivity contribution in [2.45, 2.75) is 27.7 Å². The van der Waals surface area contributed by atoms with E-state index in [9.17, 15) is 0 Å². The fourth-order valence-electron chi connectivity index (χ4n) is 0.683. The molecule has 0 aliphatic heterocycles. The summed E-state index contributed by atoms with van der Waals surface area (Å²) in [5.74, 6) is 0. The van der Waals surface area contributed by atoms with E-state index < -0.39 is 0 Å². The summed E-state index contributed by atoms with van der Waals surface area (Å²) in [5.41, 5.74) is 6.98. The van der Waals surface area contributed by atoms with Gasteiger partial charge in [-0.05, 0) is 19.9 Å². The van der Waals surface area contributed by atoms with Crippen molar-refractivity contribution < 1.29 is 0 Å². The van der Waals surface area contributed by atoms with Crippen LogP contribution in [-0.2, 0) is 0 Å². The molecule has 0 aromatic carbocycles. The normalized spacial score (nSPS) is 12.3.